The van der Waals surface area contributed by atoms with Crippen molar-refractivity contribution in [1.29, 1.82) is 0 Å². The molecule has 0 atom stereocenters. The summed E-state index contributed by atoms with van der Waals surface area (Å²) in [6.07, 6.45) is 1.26. The molecule has 0 aliphatic carbocycles. The first kappa shape index (κ1) is 20.7. The minimum Gasteiger partial charge on any atom is -0.490 e. The van der Waals surface area contributed by atoms with Crippen LogP contribution >= 0.6 is 0 Å². The minimum absolute atomic E-state index is 0.0709. The molecule has 2 heterocycles. The van der Waals surface area contributed by atoms with Crippen LogP contribution in [-0.2, 0) is 0 Å². The highest BCUT2D eigenvalue weighted by Gasteiger charge is 2.25. The van der Waals surface area contributed by atoms with Gasteiger partial charge in [0.1, 0.15) is 34.9 Å². The van der Waals surface area contributed by atoms with E-state index >= 15 is 0 Å². The molecule has 160 valence electrons. The monoisotopic (exact) mass is 423 g/mol. The van der Waals surface area contributed by atoms with Crippen LogP contribution in [0, 0.1) is 12.7 Å². The lowest BCUT2D eigenvalue weighted by atomic mass is 10.1. The van der Waals surface area contributed by atoms with Gasteiger partial charge in [-0.15, -0.1) is 0 Å². The van der Waals surface area contributed by atoms with Gasteiger partial charge in [0, 0.05) is 37.6 Å². The molecule has 1 aliphatic rings. The topological polar surface area (TPSA) is 69.0 Å². The highest BCUT2D eigenvalue weighted by molar-refractivity contribution is 5.94. The summed E-state index contributed by atoms with van der Waals surface area (Å²) in [5.41, 5.74) is 0.0839. The van der Waals surface area contributed by atoms with Gasteiger partial charge in [-0.1, -0.05) is 6.07 Å². The molecule has 1 saturated heterocycles. The van der Waals surface area contributed by atoms with E-state index in [4.69, 9.17) is 13.9 Å². The lowest BCUT2D eigenvalue weighted by molar-refractivity contribution is 0.0594. The highest BCUT2D eigenvalue weighted by Crippen LogP contribution is 2.24. The van der Waals surface area contributed by atoms with Gasteiger partial charge in [-0.25, -0.2) is 9.18 Å². The predicted octanol–water partition coefficient (Wildman–Crippen LogP) is 4.56. The van der Waals surface area contributed by atoms with Crippen LogP contribution in [0.25, 0.3) is 0 Å². The molecule has 1 aliphatic heterocycles. The van der Waals surface area contributed by atoms with Gasteiger partial charge in [0.25, 0.3) is 5.91 Å². The number of hydrogen-bond acceptors (Lipinski definition) is 5. The van der Waals surface area contributed by atoms with Crippen molar-refractivity contribution in [2.75, 3.05) is 13.1 Å². The van der Waals surface area contributed by atoms with Crippen molar-refractivity contribution in [2.45, 2.75) is 25.9 Å². The van der Waals surface area contributed by atoms with Gasteiger partial charge in [0.05, 0.1) is 6.07 Å². The molecule has 0 unspecified atom stereocenters. The first-order valence-corrected chi connectivity index (χ1v) is 10.1. The number of halogens is 1. The van der Waals surface area contributed by atoms with Gasteiger partial charge in [-0.3, -0.25) is 4.79 Å². The Morgan fingerprint density at radius 3 is 2.45 bits per heavy atom. The summed E-state index contributed by atoms with van der Waals surface area (Å²) in [5, 5.41) is 0. The summed E-state index contributed by atoms with van der Waals surface area (Å²) >= 11 is 0. The molecule has 6 nitrogen and oxygen atoms in total. The lowest BCUT2D eigenvalue weighted by Crippen LogP contribution is -2.41. The summed E-state index contributed by atoms with van der Waals surface area (Å²) in [6, 6.07) is 15.7. The second kappa shape index (κ2) is 9.04. The molecule has 0 radical (unpaired) electrons. The molecule has 31 heavy (non-hydrogen) atoms. The molecule has 0 saturated carbocycles. The van der Waals surface area contributed by atoms with Crippen molar-refractivity contribution in [2.24, 2.45) is 0 Å². The number of aryl methyl sites for hydroxylation is 1. The normalized spacial score (nSPS) is 14.3. The first-order chi connectivity index (χ1) is 15.0. The van der Waals surface area contributed by atoms with Crippen molar-refractivity contribution >= 4 is 5.91 Å². The quantitative estimate of drug-likeness (QED) is 0.602. The molecular weight excluding hydrogens is 401 g/mol. The molecule has 3 aromatic rings. The van der Waals surface area contributed by atoms with E-state index < -0.39 is 5.63 Å². The second-order valence-corrected chi connectivity index (χ2v) is 7.42. The summed E-state index contributed by atoms with van der Waals surface area (Å²) in [7, 11) is 0. The number of benzene rings is 2. The summed E-state index contributed by atoms with van der Waals surface area (Å²) in [6.45, 7) is 2.80. The molecule has 0 spiro atoms. The van der Waals surface area contributed by atoms with Gasteiger partial charge < -0.3 is 18.8 Å². The summed E-state index contributed by atoms with van der Waals surface area (Å²) in [4.78, 5) is 26.2. The van der Waals surface area contributed by atoms with Crippen LogP contribution in [0.1, 0.15) is 29.0 Å². The van der Waals surface area contributed by atoms with Crippen LogP contribution in [0.4, 0.5) is 4.39 Å². The van der Waals surface area contributed by atoms with E-state index in [1.54, 1.807) is 42.2 Å². The highest BCUT2D eigenvalue weighted by atomic mass is 19.1. The zero-order chi connectivity index (χ0) is 21.8. The zero-order valence-electron chi connectivity index (χ0n) is 17.0. The van der Waals surface area contributed by atoms with Crippen molar-refractivity contribution in [1.82, 2.24) is 4.90 Å². The number of nitrogens with zero attached hydrogens (tertiary/aromatic N) is 1. The van der Waals surface area contributed by atoms with Crippen LogP contribution < -0.4 is 15.1 Å². The maximum atomic E-state index is 13.1. The molecule has 0 N–H and O–H groups in total. The Hall–Kier alpha value is -3.61. The maximum Gasteiger partial charge on any atom is 0.339 e. The second-order valence-electron chi connectivity index (χ2n) is 7.42. The third kappa shape index (κ3) is 5.31. The van der Waals surface area contributed by atoms with E-state index in [1.165, 1.54) is 30.3 Å². The van der Waals surface area contributed by atoms with E-state index in [9.17, 15) is 14.0 Å². The van der Waals surface area contributed by atoms with Crippen LogP contribution in [0.5, 0.6) is 17.2 Å². The van der Waals surface area contributed by atoms with Crippen molar-refractivity contribution in [3.8, 4) is 17.2 Å². The van der Waals surface area contributed by atoms with E-state index in [0.717, 1.165) is 0 Å². The van der Waals surface area contributed by atoms with Crippen molar-refractivity contribution in [3.05, 3.63) is 88.2 Å². The molecule has 1 fully saturated rings. The fraction of sp³-hybridized carbons (Fsp3) is 0.250. The number of amides is 1. The number of rotatable bonds is 5. The number of hydrogen-bond donors (Lipinski definition) is 0. The Morgan fingerprint density at radius 2 is 1.74 bits per heavy atom. The molecule has 2 aromatic carbocycles. The van der Waals surface area contributed by atoms with E-state index in [2.05, 4.69) is 0 Å². The van der Waals surface area contributed by atoms with E-state index in [-0.39, 0.29) is 17.8 Å². The maximum absolute atomic E-state index is 13.1. The molecule has 0 bridgehead atoms. The largest absolute Gasteiger partial charge is 0.490 e. The van der Waals surface area contributed by atoms with Gasteiger partial charge in [-0.2, -0.15) is 0 Å². The van der Waals surface area contributed by atoms with Crippen molar-refractivity contribution < 1.29 is 23.1 Å². The number of piperidine rings is 1. The Morgan fingerprint density at radius 1 is 1.00 bits per heavy atom. The Kier molecular flexibility index (Phi) is 6.02. The van der Waals surface area contributed by atoms with Gasteiger partial charge in [0.2, 0.25) is 0 Å². The smallest absolute Gasteiger partial charge is 0.339 e. The first-order valence-electron chi connectivity index (χ1n) is 10.1. The average molecular weight is 423 g/mol. The van der Waals surface area contributed by atoms with Gasteiger partial charge in [0.15, 0.2) is 0 Å². The van der Waals surface area contributed by atoms with Crippen LogP contribution in [0.15, 0.2) is 69.9 Å². The van der Waals surface area contributed by atoms with Crippen LogP contribution in [0.2, 0.25) is 0 Å². The fourth-order valence-electron chi connectivity index (χ4n) is 3.53. The SMILES string of the molecule is Cc1cc(OC2CCN(C(=O)c3cccc(Oc4ccc(F)cc4)c3)CC2)cc(=O)o1. The Balaban J connectivity index is 1.36. The molecular formula is C24H22FNO5. The summed E-state index contributed by atoms with van der Waals surface area (Å²) in [5.74, 6) is 1.57. The van der Waals surface area contributed by atoms with E-state index in [1.807, 2.05) is 0 Å². The van der Waals surface area contributed by atoms with Gasteiger partial charge in [-0.05, 0) is 49.4 Å². The summed E-state index contributed by atoms with van der Waals surface area (Å²) < 4.78 is 29.6. The lowest BCUT2D eigenvalue weighted by Gasteiger charge is -2.32. The molecule has 7 heteroatoms. The molecule has 4 rings (SSSR count). The standard InChI is InChI=1S/C24H22FNO5/c1-16-13-22(15-23(27)29-16)31-20-9-11-26(12-10-20)24(28)17-3-2-4-21(14-17)30-19-7-5-18(25)6-8-19/h2-8,13-15,20H,9-12H2,1H3. The fourth-order valence-corrected chi connectivity index (χ4v) is 3.53. The third-order valence-electron chi connectivity index (χ3n) is 5.03. The Labute approximate surface area is 178 Å². The zero-order valence-corrected chi connectivity index (χ0v) is 17.0. The number of carbonyl (C=O) groups excluding carboxylic acids is 1. The number of carbonyl (C=O) groups is 1. The van der Waals surface area contributed by atoms with Crippen LogP contribution in [0.3, 0.4) is 0 Å². The minimum atomic E-state index is -0.439. The molecule has 1 amide bonds. The number of likely N-dealkylation sites (tertiary alicyclic amines) is 1. The molecule has 1 aromatic heterocycles. The van der Waals surface area contributed by atoms with Gasteiger partial charge >= 0.3 is 5.63 Å². The van der Waals surface area contributed by atoms with Crippen LogP contribution in [-0.4, -0.2) is 30.0 Å². The number of ether oxygens (including phenoxy) is 2. The Bertz CT molecular complexity index is 1120. The predicted molar refractivity (Wildman–Crippen MR) is 112 cm³/mol. The average Bonchev–Trinajstić information content (AvgIpc) is 2.75. The van der Waals surface area contributed by atoms with Crippen molar-refractivity contribution in [3.63, 3.8) is 0 Å². The third-order valence-corrected chi connectivity index (χ3v) is 5.03. The van der Waals surface area contributed by atoms with E-state index in [0.29, 0.717) is 54.5 Å².